The highest BCUT2D eigenvalue weighted by Gasteiger charge is 2.17. The Balaban J connectivity index is 0.968. The smallest absolute Gasteiger partial charge is 0.0715 e. The van der Waals surface area contributed by atoms with Gasteiger partial charge in [0.2, 0.25) is 0 Å². The molecular weight excluding hydrogens is 745 g/mol. The fraction of sp³-hybridized carbons (Fsp3) is 0. The molecule has 0 N–H and O–H groups in total. The molecule has 2 nitrogen and oxygen atoms in total. The van der Waals surface area contributed by atoms with Crippen molar-refractivity contribution in [1.82, 2.24) is 4.98 Å². The van der Waals surface area contributed by atoms with Crippen LogP contribution in [0.4, 0.5) is 17.1 Å². The van der Waals surface area contributed by atoms with E-state index in [9.17, 15) is 0 Å². The molecule has 2 heterocycles. The van der Waals surface area contributed by atoms with Crippen LogP contribution in [0.15, 0.2) is 231 Å². The van der Waals surface area contributed by atoms with Gasteiger partial charge in [-0.3, -0.25) is 0 Å². The van der Waals surface area contributed by atoms with Gasteiger partial charge in [-0.1, -0.05) is 176 Å². The third kappa shape index (κ3) is 6.61. The molecule has 11 aromatic rings. The summed E-state index contributed by atoms with van der Waals surface area (Å²) in [5.74, 6) is 0. The standard InChI is InChI=1S/C57H38N2S/c1-3-12-39(13-4-1)41-22-24-44(25-23-41)53-38-55(58-54-20-9-7-16-50(53)54)45-30-36-48(37-31-45)59(46-32-26-42(27-33-46)40-14-5-2-6-15-40)47-34-28-43(29-35-47)49-18-11-19-52-51-17-8-10-21-56(51)60-57(49)52/h1-38H. The molecule has 0 amide bonds. The van der Waals surface area contributed by atoms with Crippen LogP contribution in [0, 0.1) is 0 Å². The van der Waals surface area contributed by atoms with Crippen LogP contribution in [0.1, 0.15) is 0 Å². The molecule has 9 aromatic carbocycles. The first-order valence-electron chi connectivity index (χ1n) is 20.4. The number of anilines is 3. The molecule has 0 spiro atoms. The Labute approximate surface area is 353 Å². The van der Waals surface area contributed by atoms with Crippen LogP contribution in [0.2, 0.25) is 0 Å². The SMILES string of the molecule is c1ccc(-c2ccc(-c3cc(-c4ccc(N(c5ccc(-c6ccccc6)cc5)c5ccc(-c6cccc7c6sc6ccccc67)cc5)cc4)nc4ccccc34)cc2)cc1. The summed E-state index contributed by atoms with van der Waals surface area (Å²) in [6.45, 7) is 0. The molecule has 60 heavy (non-hydrogen) atoms. The van der Waals surface area contributed by atoms with Crippen molar-refractivity contribution in [3.8, 4) is 55.8 Å². The summed E-state index contributed by atoms with van der Waals surface area (Å²) >= 11 is 1.87. The molecule has 0 aliphatic carbocycles. The number of thiophene rings is 1. The van der Waals surface area contributed by atoms with E-state index in [1.165, 1.54) is 64.7 Å². The fourth-order valence-electron chi connectivity index (χ4n) is 8.46. The lowest BCUT2D eigenvalue weighted by Crippen LogP contribution is -2.09. The van der Waals surface area contributed by atoms with E-state index in [-0.39, 0.29) is 0 Å². The van der Waals surface area contributed by atoms with Crippen molar-refractivity contribution >= 4 is 59.5 Å². The monoisotopic (exact) mass is 782 g/mol. The highest BCUT2D eigenvalue weighted by molar-refractivity contribution is 7.26. The van der Waals surface area contributed by atoms with E-state index in [1.807, 2.05) is 11.3 Å². The van der Waals surface area contributed by atoms with Crippen LogP contribution in [0.5, 0.6) is 0 Å². The first-order valence-corrected chi connectivity index (χ1v) is 21.2. The third-order valence-electron chi connectivity index (χ3n) is 11.5. The van der Waals surface area contributed by atoms with Gasteiger partial charge in [0.05, 0.1) is 11.2 Å². The van der Waals surface area contributed by atoms with Crippen molar-refractivity contribution in [3.63, 3.8) is 0 Å². The second-order valence-corrected chi connectivity index (χ2v) is 16.2. The molecule has 11 rings (SSSR count). The molecule has 0 radical (unpaired) electrons. The van der Waals surface area contributed by atoms with Crippen LogP contribution in [-0.2, 0) is 0 Å². The van der Waals surface area contributed by atoms with Gasteiger partial charge in [0, 0.05) is 48.2 Å². The lowest BCUT2D eigenvalue weighted by atomic mass is 9.96. The lowest BCUT2D eigenvalue weighted by molar-refractivity contribution is 1.28. The number of hydrogen-bond acceptors (Lipinski definition) is 3. The zero-order chi connectivity index (χ0) is 39.8. The molecular formula is C57H38N2S. The van der Waals surface area contributed by atoms with Crippen LogP contribution in [0.25, 0.3) is 86.8 Å². The highest BCUT2D eigenvalue weighted by atomic mass is 32.1. The Morgan fingerprint density at radius 3 is 1.40 bits per heavy atom. The molecule has 2 aromatic heterocycles. The summed E-state index contributed by atoms with van der Waals surface area (Å²) in [6.07, 6.45) is 0. The molecule has 0 saturated carbocycles. The van der Waals surface area contributed by atoms with Crippen molar-refractivity contribution in [3.05, 3.63) is 231 Å². The Morgan fingerprint density at radius 1 is 0.317 bits per heavy atom. The van der Waals surface area contributed by atoms with E-state index in [0.717, 1.165) is 39.2 Å². The Hall–Kier alpha value is -7.59. The topological polar surface area (TPSA) is 16.1 Å². The van der Waals surface area contributed by atoms with Gasteiger partial charge < -0.3 is 4.90 Å². The largest absolute Gasteiger partial charge is 0.311 e. The summed E-state index contributed by atoms with van der Waals surface area (Å²) in [4.78, 5) is 7.53. The molecule has 0 unspecified atom stereocenters. The molecule has 0 aliphatic rings. The summed E-state index contributed by atoms with van der Waals surface area (Å²) in [5.41, 5.74) is 15.9. The number of hydrogen-bond donors (Lipinski definition) is 0. The molecule has 3 heteroatoms. The Morgan fingerprint density at radius 2 is 0.767 bits per heavy atom. The number of aromatic nitrogens is 1. The van der Waals surface area contributed by atoms with E-state index >= 15 is 0 Å². The van der Waals surface area contributed by atoms with Gasteiger partial charge in [-0.15, -0.1) is 11.3 Å². The van der Waals surface area contributed by atoms with Gasteiger partial charge in [0.1, 0.15) is 0 Å². The maximum absolute atomic E-state index is 5.19. The zero-order valence-corrected chi connectivity index (χ0v) is 33.6. The predicted octanol–water partition coefficient (Wildman–Crippen LogP) is 16.4. The number of benzene rings is 9. The highest BCUT2D eigenvalue weighted by Crippen LogP contribution is 2.42. The maximum Gasteiger partial charge on any atom is 0.0715 e. The van der Waals surface area contributed by atoms with Crippen molar-refractivity contribution < 1.29 is 0 Å². The summed E-state index contributed by atoms with van der Waals surface area (Å²) in [6, 6.07) is 82.8. The fourth-order valence-corrected chi connectivity index (χ4v) is 9.70. The van der Waals surface area contributed by atoms with Crippen LogP contribution < -0.4 is 4.90 Å². The van der Waals surface area contributed by atoms with Crippen molar-refractivity contribution in [2.45, 2.75) is 0 Å². The number of fused-ring (bicyclic) bond motifs is 4. The van der Waals surface area contributed by atoms with Crippen molar-refractivity contribution in [1.29, 1.82) is 0 Å². The van der Waals surface area contributed by atoms with Gasteiger partial charge in [-0.25, -0.2) is 4.98 Å². The van der Waals surface area contributed by atoms with Crippen LogP contribution in [-0.4, -0.2) is 4.98 Å². The van der Waals surface area contributed by atoms with Gasteiger partial charge in [0.15, 0.2) is 0 Å². The number of nitrogens with zero attached hydrogens (tertiary/aromatic N) is 2. The van der Waals surface area contributed by atoms with Crippen LogP contribution >= 0.6 is 11.3 Å². The second kappa shape index (κ2) is 15.3. The predicted molar refractivity (Wildman–Crippen MR) is 256 cm³/mol. The minimum atomic E-state index is 0.945. The molecule has 0 saturated heterocycles. The van der Waals surface area contributed by atoms with E-state index in [2.05, 4.69) is 235 Å². The molecule has 0 bridgehead atoms. The summed E-state index contributed by atoms with van der Waals surface area (Å²) in [5, 5.41) is 3.77. The Kier molecular flexibility index (Phi) is 9.07. The van der Waals surface area contributed by atoms with E-state index in [0.29, 0.717) is 0 Å². The van der Waals surface area contributed by atoms with E-state index in [4.69, 9.17) is 4.98 Å². The average molecular weight is 783 g/mol. The van der Waals surface area contributed by atoms with Crippen LogP contribution in [0.3, 0.4) is 0 Å². The Bertz CT molecular complexity index is 3260. The minimum absolute atomic E-state index is 0.945. The number of rotatable bonds is 8. The summed E-state index contributed by atoms with van der Waals surface area (Å²) < 4.78 is 2.64. The number of para-hydroxylation sites is 1. The molecule has 0 aliphatic heterocycles. The molecule has 282 valence electrons. The quantitative estimate of drug-likeness (QED) is 0.153. The zero-order valence-electron chi connectivity index (χ0n) is 32.7. The summed E-state index contributed by atoms with van der Waals surface area (Å²) in [7, 11) is 0. The minimum Gasteiger partial charge on any atom is -0.311 e. The van der Waals surface area contributed by atoms with E-state index in [1.54, 1.807) is 0 Å². The van der Waals surface area contributed by atoms with Gasteiger partial charge in [-0.05, 0) is 99.1 Å². The van der Waals surface area contributed by atoms with E-state index < -0.39 is 0 Å². The molecule has 0 atom stereocenters. The third-order valence-corrected chi connectivity index (χ3v) is 12.7. The van der Waals surface area contributed by atoms with Gasteiger partial charge in [-0.2, -0.15) is 0 Å². The van der Waals surface area contributed by atoms with Gasteiger partial charge in [0.25, 0.3) is 0 Å². The second-order valence-electron chi connectivity index (χ2n) is 15.1. The van der Waals surface area contributed by atoms with Crippen molar-refractivity contribution in [2.75, 3.05) is 4.90 Å². The molecule has 0 fully saturated rings. The average Bonchev–Trinajstić information content (AvgIpc) is 3.72. The lowest BCUT2D eigenvalue weighted by Gasteiger charge is -2.26. The van der Waals surface area contributed by atoms with Gasteiger partial charge >= 0.3 is 0 Å². The number of pyridine rings is 1. The maximum atomic E-state index is 5.19. The van der Waals surface area contributed by atoms with Crippen molar-refractivity contribution in [2.24, 2.45) is 0 Å². The first kappa shape index (κ1) is 35.6. The first-order chi connectivity index (χ1) is 29.7. The normalized spacial score (nSPS) is 11.3.